The van der Waals surface area contributed by atoms with E-state index in [4.69, 9.17) is 18.9 Å². The molecule has 9 nitrogen and oxygen atoms in total. The number of fused-ring (bicyclic) bond motifs is 7. The molecule has 6 fully saturated rings. The summed E-state index contributed by atoms with van der Waals surface area (Å²) >= 11 is 0. The van der Waals surface area contributed by atoms with Crippen LogP contribution in [0.25, 0.3) is 0 Å². The van der Waals surface area contributed by atoms with Gasteiger partial charge in [-0.1, -0.05) is 39.3 Å². The molecular formula is C33H52O9. The van der Waals surface area contributed by atoms with Gasteiger partial charge >= 0.3 is 0 Å². The van der Waals surface area contributed by atoms with Gasteiger partial charge in [-0.05, 0) is 73.5 Å². The molecule has 0 aromatic rings. The first-order chi connectivity index (χ1) is 19.9. The monoisotopic (exact) mass is 592 g/mol. The first kappa shape index (κ1) is 30.1. The van der Waals surface area contributed by atoms with Crippen LogP contribution in [0.2, 0.25) is 0 Å². The fraction of sp³-hybridized carbons (Fsp3) is 0.939. The van der Waals surface area contributed by atoms with Gasteiger partial charge in [0.15, 0.2) is 12.1 Å². The maximum Gasteiger partial charge on any atom is 0.186 e. The van der Waals surface area contributed by atoms with Crippen LogP contribution in [0, 0.1) is 46.3 Å². The van der Waals surface area contributed by atoms with Gasteiger partial charge in [-0.25, -0.2) is 0 Å². The van der Waals surface area contributed by atoms with E-state index >= 15 is 0 Å². The van der Waals surface area contributed by atoms with Gasteiger partial charge < -0.3 is 44.5 Å². The van der Waals surface area contributed by atoms with E-state index in [-0.39, 0.29) is 16.9 Å². The van der Waals surface area contributed by atoms with E-state index in [0.29, 0.717) is 48.3 Å². The normalized spacial score (nSPS) is 59.0. The molecule has 9 heteroatoms. The second-order valence-electron chi connectivity index (χ2n) is 15.6. The molecule has 0 amide bonds. The number of aliphatic hydroxyl groups excluding tert-OH is 5. The summed E-state index contributed by atoms with van der Waals surface area (Å²) in [6.07, 6.45) is 2.51. The number of rotatable bonds is 3. The van der Waals surface area contributed by atoms with Crippen LogP contribution < -0.4 is 0 Å². The molecule has 17 atom stereocenters. The predicted octanol–water partition coefficient (Wildman–Crippen LogP) is 2.51. The van der Waals surface area contributed by atoms with Gasteiger partial charge in [0.1, 0.15) is 24.4 Å². The summed E-state index contributed by atoms with van der Waals surface area (Å²) in [4.78, 5) is 0. The number of hydrogen-bond donors (Lipinski definition) is 5. The van der Waals surface area contributed by atoms with Crippen LogP contribution >= 0.6 is 0 Å². The van der Waals surface area contributed by atoms with Gasteiger partial charge in [0.05, 0.1) is 31.5 Å². The average molecular weight is 593 g/mol. The average Bonchev–Trinajstić information content (AvgIpc) is 3.41. The van der Waals surface area contributed by atoms with Crippen molar-refractivity contribution in [1.82, 2.24) is 0 Å². The summed E-state index contributed by atoms with van der Waals surface area (Å²) in [6.45, 7) is 9.70. The maximum atomic E-state index is 11.8. The highest BCUT2D eigenvalue weighted by Crippen LogP contribution is 2.70. The van der Waals surface area contributed by atoms with Crippen LogP contribution in [0.1, 0.15) is 79.1 Å². The van der Waals surface area contributed by atoms with E-state index in [0.717, 1.165) is 38.7 Å². The third-order valence-corrected chi connectivity index (χ3v) is 13.6. The van der Waals surface area contributed by atoms with Crippen LogP contribution in [0.15, 0.2) is 11.6 Å². The van der Waals surface area contributed by atoms with E-state index < -0.39 is 55.3 Å². The Kier molecular flexibility index (Phi) is 7.48. The molecule has 3 saturated carbocycles. The first-order valence-electron chi connectivity index (χ1n) is 16.6. The van der Waals surface area contributed by atoms with Crippen LogP contribution in [-0.2, 0) is 18.9 Å². The lowest BCUT2D eigenvalue weighted by Gasteiger charge is -2.60. The molecule has 7 aliphatic rings. The molecule has 0 aromatic carbocycles. The predicted molar refractivity (Wildman–Crippen MR) is 152 cm³/mol. The molecule has 5 N–H and O–H groups in total. The lowest BCUT2D eigenvalue weighted by atomic mass is 9.46. The van der Waals surface area contributed by atoms with Gasteiger partial charge in [0.25, 0.3) is 0 Å². The van der Waals surface area contributed by atoms with Crippen LogP contribution in [0.3, 0.4) is 0 Å². The Morgan fingerprint density at radius 3 is 2.48 bits per heavy atom. The molecule has 3 saturated heterocycles. The highest BCUT2D eigenvalue weighted by molar-refractivity contribution is 5.28. The number of aliphatic hydroxyl groups is 5. The quantitative estimate of drug-likeness (QED) is 0.313. The van der Waals surface area contributed by atoms with Crippen molar-refractivity contribution >= 4 is 0 Å². The summed E-state index contributed by atoms with van der Waals surface area (Å²) in [5.74, 6) is 2.51. The minimum absolute atomic E-state index is 0.206. The SMILES string of the molecule is C[C@@H]1CC[C@@]2(OC1)O[C@H]1C[C@H]3[C@@H]4CC=C5C[C@H](O[C@@H]6O[C@H](CO)[C@@H](O)[C@H](O)[C@H]6O)C[C@@H](O)[C@]5(C)[C@H]4CC[C@]3(C)[C@H]1[C@@H]2C. The van der Waals surface area contributed by atoms with Crippen molar-refractivity contribution in [3.8, 4) is 0 Å². The minimum atomic E-state index is -1.48. The molecule has 1 spiro atoms. The summed E-state index contributed by atoms with van der Waals surface area (Å²) in [7, 11) is 0. The van der Waals surface area contributed by atoms with Crippen molar-refractivity contribution < 1.29 is 44.5 Å². The smallest absolute Gasteiger partial charge is 0.186 e. The van der Waals surface area contributed by atoms with Crippen molar-refractivity contribution in [2.45, 2.75) is 134 Å². The highest BCUT2D eigenvalue weighted by atomic mass is 16.7. The van der Waals surface area contributed by atoms with Crippen LogP contribution in [-0.4, -0.2) is 93.6 Å². The highest BCUT2D eigenvalue weighted by Gasteiger charge is 2.69. The van der Waals surface area contributed by atoms with Crippen molar-refractivity contribution in [1.29, 1.82) is 0 Å². The molecule has 0 unspecified atom stereocenters. The third-order valence-electron chi connectivity index (χ3n) is 13.6. The Bertz CT molecular complexity index is 1060. The van der Waals surface area contributed by atoms with Gasteiger partial charge in [0, 0.05) is 24.2 Å². The van der Waals surface area contributed by atoms with Crippen molar-refractivity contribution in [2.24, 2.45) is 46.3 Å². The standard InChI is InChI=1S/C33H52O9/c1-16-7-10-33(39-15-16)17(2)26-23(42-33)13-22-20-6-5-18-11-19(40-30-29(38)28(37)27(36)24(14-34)41-30)12-25(35)32(18,4)21(20)8-9-31(22,26)3/h5,16-17,19-30,34-38H,6-15H2,1-4H3/t16-,17+,19+,20-,21+,22+,23+,24-,25-,26+,27-,28+,29-,30-,31+,32+,33-/m1/s1. The van der Waals surface area contributed by atoms with E-state index in [1.54, 1.807) is 0 Å². The molecule has 0 radical (unpaired) electrons. The first-order valence-corrected chi connectivity index (χ1v) is 16.6. The number of allylic oxidation sites excluding steroid dienone is 1. The Morgan fingerprint density at radius 2 is 1.76 bits per heavy atom. The minimum Gasteiger partial charge on any atom is -0.394 e. The van der Waals surface area contributed by atoms with Crippen LogP contribution in [0.4, 0.5) is 0 Å². The summed E-state index contributed by atoms with van der Waals surface area (Å²) in [5.41, 5.74) is 1.08. The molecule has 238 valence electrons. The molecule has 0 aromatic heterocycles. The molecular weight excluding hydrogens is 540 g/mol. The van der Waals surface area contributed by atoms with Crippen molar-refractivity contribution in [3.05, 3.63) is 11.6 Å². The Hall–Kier alpha value is -0.620. The van der Waals surface area contributed by atoms with E-state index in [1.807, 2.05) is 0 Å². The topological polar surface area (TPSA) is 138 Å². The summed E-state index contributed by atoms with van der Waals surface area (Å²) in [5, 5.41) is 52.2. The number of hydrogen-bond acceptors (Lipinski definition) is 9. The van der Waals surface area contributed by atoms with Gasteiger partial charge in [-0.15, -0.1) is 0 Å². The molecule has 4 aliphatic carbocycles. The fourth-order valence-electron chi connectivity index (χ4n) is 11.2. The molecule has 42 heavy (non-hydrogen) atoms. The largest absolute Gasteiger partial charge is 0.394 e. The lowest BCUT2D eigenvalue weighted by molar-refractivity contribution is -0.315. The Balaban J connectivity index is 1.08. The molecule has 3 aliphatic heterocycles. The Labute approximate surface area is 249 Å². The van der Waals surface area contributed by atoms with Gasteiger partial charge in [0.2, 0.25) is 0 Å². The third kappa shape index (κ3) is 4.21. The van der Waals surface area contributed by atoms with Gasteiger partial charge in [-0.2, -0.15) is 0 Å². The summed E-state index contributed by atoms with van der Waals surface area (Å²) in [6, 6.07) is 0. The van der Waals surface area contributed by atoms with Crippen molar-refractivity contribution in [2.75, 3.05) is 13.2 Å². The van der Waals surface area contributed by atoms with Crippen molar-refractivity contribution in [3.63, 3.8) is 0 Å². The zero-order valence-electron chi connectivity index (χ0n) is 25.6. The van der Waals surface area contributed by atoms with Gasteiger partial charge in [-0.3, -0.25) is 0 Å². The maximum absolute atomic E-state index is 11.8. The fourth-order valence-corrected chi connectivity index (χ4v) is 11.2. The second kappa shape index (κ2) is 10.5. The molecule has 7 rings (SSSR count). The molecule has 0 bridgehead atoms. The van der Waals surface area contributed by atoms with E-state index in [9.17, 15) is 25.5 Å². The second-order valence-corrected chi connectivity index (χ2v) is 15.6. The van der Waals surface area contributed by atoms with Crippen LogP contribution in [0.5, 0.6) is 0 Å². The Morgan fingerprint density at radius 1 is 0.976 bits per heavy atom. The number of ether oxygens (including phenoxy) is 4. The zero-order chi connectivity index (χ0) is 29.8. The summed E-state index contributed by atoms with van der Waals surface area (Å²) < 4.78 is 25.1. The zero-order valence-corrected chi connectivity index (χ0v) is 25.6. The lowest BCUT2D eigenvalue weighted by Crippen LogP contribution is -2.60. The molecule has 3 heterocycles. The van der Waals surface area contributed by atoms with E-state index in [2.05, 4.69) is 33.8 Å². The van der Waals surface area contributed by atoms with E-state index in [1.165, 1.54) is 12.0 Å².